The van der Waals surface area contributed by atoms with Crippen molar-refractivity contribution in [3.05, 3.63) is 23.4 Å². The summed E-state index contributed by atoms with van der Waals surface area (Å²) in [6.45, 7) is 12.5. The highest BCUT2D eigenvalue weighted by molar-refractivity contribution is 6.17. The Morgan fingerprint density at radius 3 is 2.65 bits per heavy atom. The van der Waals surface area contributed by atoms with Gasteiger partial charge in [0.25, 0.3) is 0 Å². The highest BCUT2D eigenvalue weighted by atomic mass is 35.5. The summed E-state index contributed by atoms with van der Waals surface area (Å²) in [4.78, 5) is 7.21. The maximum Gasteiger partial charge on any atom is 0.129 e. The molecular formula is C16H25ClN2O. The third kappa shape index (κ3) is 3.44. The highest BCUT2D eigenvalue weighted by Gasteiger charge is 2.26. The minimum Gasteiger partial charge on any atom is -0.375 e. The lowest BCUT2D eigenvalue weighted by Crippen LogP contribution is -2.48. The first kappa shape index (κ1) is 15.6. The van der Waals surface area contributed by atoms with Crippen molar-refractivity contribution < 1.29 is 4.74 Å². The van der Waals surface area contributed by atoms with Crippen molar-refractivity contribution in [2.24, 2.45) is 0 Å². The van der Waals surface area contributed by atoms with Crippen LogP contribution >= 0.6 is 11.6 Å². The predicted octanol–water partition coefficient (Wildman–Crippen LogP) is 3.73. The van der Waals surface area contributed by atoms with Gasteiger partial charge in [0.2, 0.25) is 0 Å². The van der Waals surface area contributed by atoms with E-state index in [1.54, 1.807) is 0 Å². The van der Waals surface area contributed by atoms with E-state index in [1.165, 1.54) is 0 Å². The molecule has 1 aliphatic rings. The summed E-state index contributed by atoms with van der Waals surface area (Å²) >= 11 is 6.05. The molecule has 1 fully saturated rings. The normalized spacial score (nSPS) is 24.0. The molecule has 0 radical (unpaired) electrons. The molecule has 0 N–H and O–H groups in total. The second-order valence-electron chi connectivity index (χ2n) is 6.75. The number of rotatable bonds is 2. The van der Waals surface area contributed by atoms with Crippen molar-refractivity contribution in [1.82, 2.24) is 4.98 Å². The van der Waals surface area contributed by atoms with Crippen LogP contribution in [0.5, 0.6) is 0 Å². The molecule has 1 aliphatic heterocycles. The van der Waals surface area contributed by atoms with E-state index in [-0.39, 0.29) is 11.5 Å². The summed E-state index contributed by atoms with van der Waals surface area (Å²) in [5.41, 5.74) is 2.25. The van der Waals surface area contributed by atoms with Gasteiger partial charge in [-0.15, -0.1) is 11.6 Å². The standard InChI is InChI=1S/C16H25ClN2O/c1-11-10-20-12(2)9-19(11)15-7-13(8-17)6-14(18-15)16(3,4)5/h6-7,11-12H,8-10H2,1-5H3. The minimum absolute atomic E-state index is 0.0258. The Labute approximate surface area is 127 Å². The van der Waals surface area contributed by atoms with E-state index >= 15 is 0 Å². The van der Waals surface area contributed by atoms with Crippen molar-refractivity contribution in [1.29, 1.82) is 0 Å². The monoisotopic (exact) mass is 296 g/mol. The third-order valence-electron chi connectivity index (χ3n) is 3.70. The van der Waals surface area contributed by atoms with Gasteiger partial charge in [0.15, 0.2) is 0 Å². The van der Waals surface area contributed by atoms with E-state index in [9.17, 15) is 0 Å². The zero-order valence-corrected chi connectivity index (χ0v) is 13.9. The molecule has 20 heavy (non-hydrogen) atoms. The molecule has 1 saturated heterocycles. The Morgan fingerprint density at radius 1 is 1.35 bits per heavy atom. The molecule has 2 rings (SSSR count). The van der Waals surface area contributed by atoms with Gasteiger partial charge in [-0.05, 0) is 31.5 Å². The molecule has 1 aromatic heterocycles. The molecule has 0 saturated carbocycles. The van der Waals surface area contributed by atoms with Gasteiger partial charge in [-0.3, -0.25) is 0 Å². The van der Waals surface area contributed by atoms with Crippen LogP contribution in [-0.4, -0.2) is 30.3 Å². The van der Waals surface area contributed by atoms with Crippen LogP contribution in [0, 0.1) is 0 Å². The van der Waals surface area contributed by atoms with E-state index in [4.69, 9.17) is 21.3 Å². The lowest BCUT2D eigenvalue weighted by Gasteiger charge is -2.38. The number of aromatic nitrogens is 1. The van der Waals surface area contributed by atoms with Crippen LogP contribution in [0.1, 0.15) is 45.9 Å². The maximum atomic E-state index is 6.05. The topological polar surface area (TPSA) is 25.4 Å². The Kier molecular flexibility index (Phi) is 4.60. The number of ether oxygens (including phenoxy) is 1. The summed E-state index contributed by atoms with van der Waals surface area (Å²) in [7, 11) is 0. The average molecular weight is 297 g/mol. The molecule has 2 heterocycles. The molecular weight excluding hydrogens is 272 g/mol. The van der Waals surface area contributed by atoms with Crippen molar-refractivity contribution in [3.8, 4) is 0 Å². The van der Waals surface area contributed by atoms with Crippen LogP contribution in [0.4, 0.5) is 5.82 Å². The molecule has 0 aromatic carbocycles. The lowest BCUT2D eigenvalue weighted by atomic mass is 9.91. The average Bonchev–Trinajstić information content (AvgIpc) is 2.40. The van der Waals surface area contributed by atoms with Crippen molar-refractivity contribution in [2.75, 3.05) is 18.1 Å². The Morgan fingerprint density at radius 2 is 2.05 bits per heavy atom. The number of alkyl halides is 1. The zero-order valence-electron chi connectivity index (χ0n) is 13.1. The number of morpholine rings is 1. The van der Waals surface area contributed by atoms with E-state index in [0.717, 1.165) is 30.2 Å². The molecule has 0 aliphatic carbocycles. The Hall–Kier alpha value is -0.800. The van der Waals surface area contributed by atoms with E-state index < -0.39 is 0 Å². The molecule has 3 nitrogen and oxygen atoms in total. The fourth-order valence-electron chi connectivity index (χ4n) is 2.40. The Balaban J connectivity index is 2.39. The number of halogens is 1. The fourth-order valence-corrected chi connectivity index (χ4v) is 2.56. The summed E-state index contributed by atoms with van der Waals surface area (Å²) in [6, 6.07) is 4.57. The molecule has 2 atom stereocenters. The molecule has 0 amide bonds. The molecule has 1 aromatic rings. The van der Waals surface area contributed by atoms with Gasteiger partial charge < -0.3 is 9.64 Å². The summed E-state index contributed by atoms with van der Waals surface area (Å²) in [5, 5.41) is 0. The van der Waals surface area contributed by atoms with Crippen LogP contribution in [0.3, 0.4) is 0 Å². The van der Waals surface area contributed by atoms with Crippen LogP contribution in [0.15, 0.2) is 12.1 Å². The van der Waals surface area contributed by atoms with Crippen molar-refractivity contribution in [2.45, 2.75) is 58.1 Å². The van der Waals surface area contributed by atoms with Crippen LogP contribution in [0.25, 0.3) is 0 Å². The number of anilines is 1. The van der Waals surface area contributed by atoms with E-state index in [1.807, 2.05) is 0 Å². The van der Waals surface area contributed by atoms with Crippen LogP contribution in [0.2, 0.25) is 0 Å². The number of hydrogen-bond acceptors (Lipinski definition) is 3. The van der Waals surface area contributed by atoms with Crippen molar-refractivity contribution >= 4 is 17.4 Å². The number of hydrogen-bond donors (Lipinski definition) is 0. The van der Waals surface area contributed by atoms with Crippen LogP contribution in [-0.2, 0) is 16.0 Å². The molecule has 112 valence electrons. The van der Waals surface area contributed by atoms with Gasteiger partial charge in [0, 0.05) is 23.5 Å². The Bertz CT molecular complexity index is 470. The summed E-state index contributed by atoms with van der Waals surface area (Å²) < 4.78 is 5.70. The predicted molar refractivity (Wildman–Crippen MR) is 84.7 cm³/mol. The first-order chi connectivity index (χ1) is 9.31. The first-order valence-corrected chi connectivity index (χ1v) is 7.80. The van der Waals surface area contributed by atoms with Gasteiger partial charge in [-0.2, -0.15) is 0 Å². The molecule has 4 heteroatoms. The number of nitrogens with zero attached hydrogens (tertiary/aromatic N) is 2. The first-order valence-electron chi connectivity index (χ1n) is 7.27. The van der Waals surface area contributed by atoms with Gasteiger partial charge in [-0.25, -0.2) is 4.98 Å². The summed E-state index contributed by atoms with van der Waals surface area (Å²) in [6.07, 6.45) is 0.241. The van der Waals surface area contributed by atoms with E-state index in [2.05, 4.69) is 51.7 Å². The fraction of sp³-hybridized carbons (Fsp3) is 0.688. The summed E-state index contributed by atoms with van der Waals surface area (Å²) in [5.74, 6) is 1.54. The smallest absolute Gasteiger partial charge is 0.129 e. The molecule has 0 spiro atoms. The van der Waals surface area contributed by atoms with Gasteiger partial charge >= 0.3 is 0 Å². The van der Waals surface area contributed by atoms with Crippen LogP contribution < -0.4 is 4.90 Å². The second-order valence-corrected chi connectivity index (χ2v) is 7.02. The van der Waals surface area contributed by atoms with Gasteiger partial charge in [0.05, 0.1) is 18.8 Å². The lowest BCUT2D eigenvalue weighted by molar-refractivity contribution is 0.0340. The molecule has 2 unspecified atom stereocenters. The second kappa shape index (κ2) is 5.90. The minimum atomic E-state index is 0.0258. The zero-order chi connectivity index (χ0) is 14.9. The third-order valence-corrected chi connectivity index (χ3v) is 4.01. The number of pyridine rings is 1. The van der Waals surface area contributed by atoms with E-state index in [0.29, 0.717) is 11.9 Å². The van der Waals surface area contributed by atoms with Gasteiger partial charge in [0.1, 0.15) is 5.82 Å². The maximum absolute atomic E-state index is 6.05. The van der Waals surface area contributed by atoms with Crippen molar-refractivity contribution in [3.63, 3.8) is 0 Å². The van der Waals surface area contributed by atoms with Gasteiger partial charge in [-0.1, -0.05) is 20.8 Å². The highest BCUT2D eigenvalue weighted by Crippen LogP contribution is 2.27. The SMILES string of the molecule is CC1CN(c2cc(CCl)cc(C(C)(C)C)n2)C(C)CO1. The largest absolute Gasteiger partial charge is 0.375 e. The quantitative estimate of drug-likeness (QED) is 0.778. The molecule has 0 bridgehead atoms.